The fraction of sp³-hybridized carbons (Fsp3) is 0.500. The fourth-order valence-electron chi connectivity index (χ4n) is 12.7. The number of likely N-dealkylation sites (tertiary alicyclic amines) is 1. The molecule has 5 aliphatic heterocycles. The molecule has 0 atom stereocenters. The normalized spacial score (nSPS) is 21.7. The van der Waals surface area contributed by atoms with Gasteiger partial charge in [-0.05, 0) is 142 Å². The molecule has 70 heavy (non-hydrogen) atoms. The molecule has 4 fully saturated rings. The van der Waals surface area contributed by atoms with Crippen molar-refractivity contribution in [1.82, 2.24) is 29.4 Å². The molecule has 7 heterocycles. The topological polar surface area (TPSA) is 92.7 Å². The van der Waals surface area contributed by atoms with Crippen LogP contribution in [0, 0.1) is 34.5 Å². The van der Waals surface area contributed by atoms with Crippen molar-refractivity contribution >= 4 is 40.4 Å². The summed E-state index contributed by atoms with van der Waals surface area (Å²) in [6, 6.07) is 21.3. The van der Waals surface area contributed by atoms with Gasteiger partial charge in [-0.15, -0.1) is 0 Å². The number of carbonyl (C=O) groups excluding carboxylic acids is 1. The van der Waals surface area contributed by atoms with Gasteiger partial charge in [0.25, 0.3) is 6.43 Å². The van der Waals surface area contributed by atoms with Crippen LogP contribution in [-0.2, 0) is 31.2 Å². The number of nitrogens with zero attached hydrogens (tertiary/aromatic N) is 10. The van der Waals surface area contributed by atoms with Gasteiger partial charge in [-0.3, -0.25) is 14.2 Å². The number of nitriles is 1. The molecule has 1 saturated carbocycles. The van der Waals surface area contributed by atoms with E-state index >= 15 is 0 Å². The van der Waals surface area contributed by atoms with E-state index in [1.54, 1.807) is 37.1 Å². The van der Waals surface area contributed by atoms with Crippen LogP contribution in [0.2, 0.25) is 5.02 Å². The van der Waals surface area contributed by atoms with Crippen LogP contribution in [0.5, 0.6) is 0 Å². The molecular formula is C56H63ClF2N10O. The van der Waals surface area contributed by atoms with Gasteiger partial charge in [0.2, 0.25) is 5.91 Å². The summed E-state index contributed by atoms with van der Waals surface area (Å²) < 4.78 is 33.5. The Kier molecular flexibility index (Phi) is 12.9. The zero-order chi connectivity index (χ0) is 48.1. The number of fused-ring (bicyclic) bond motifs is 2. The second-order valence-corrected chi connectivity index (χ2v) is 21.3. The van der Waals surface area contributed by atoms with E-state index in [0.717, 1.165) is 131 Å². The Labute approximate surface area is 416 Å². The minimum atomic E-state index is -2.64. The molecule has 3 aromatic carbocycles. The van der Waals surface area contributed by atoms with Crippen LogP contribution in [0.3, 0.4) is 0 Å². The van der Waals surface area contributed by atoms with Crippen LogP contribution in [-0.4, -0.2) is 93.7 Å². The number of piperidine rings is 2. The SMILES string of the molecule is CC(=O)N1CCc2c(c(N3CCCc4cc(-c5cnn(C)c5)c(C(F)F)cc43)nn2C2CCN(C3CCC(C#Cc4ccc(N5CCC6(CC5)CCN(c5ccc(C#N)c(Cl)c5)C6)cc4)CC3)CC2)C1. The maximum Gasteiger partial charge on any atom is 0.264 e. The van der Waals surface area contributed by atoms with Crippen LogP contribution in [0.25, 0.3) is 11.1 Å². The smallest absolute Gasteiger partial charge is 0.264 e. The monoisotopic (exact) mass is 964 g/mol. The third-order valence-corrected chi connectivity index (χ3v) is 17.1. The molecule has 1 amide bonds. The van der Waals surface area contributed by atoms with Crippen LogP contribution in [0.1, 0.15) is 117 Å². The number of halogens is 3. The number of anilines is 4. The number of alkyl halides is 2. The maximum absolute atomic E-state index is 14.8. The minimum Gasteiger partial charge on any atom is -0.371 e. The summed E-state index contributed by atoms with van der Waals surface area (Å²) in [6.45, 7) is 9.67. The molecule has 0 unspecified atom stereocenters. The predicted molar refractivity (Wildman–Crippen MR) is 272 cm³/mol. The summed E-state index contributed by atoms with van der Waals surface area (Å²) in [4.78, 5) is 24.5. The molecule has 1 spiro atoms. The fourth-order valence-corrected chi connectivity index (χ4v) is 12.9. The van der Waals surface area contributed by atoms with E-state index in [-0.39, 0.29) is 17.5 Å². The zero-order valence-electron chi connectivity index (χ0n) is 40.5. The van der Waals surface area contributed by atoms with Crippen LogP contribution in [0.4, 0.5) is 31.7 Å². The highest BCUT2D eigenvalue weighted by Gasteiger charge is 2.41. The third-order valence-electron chi connectivity index (χ3n) is 16.8. The highest BCUT2D eigenvalue weighted by Crippen LogP contribution is 2.46. The Morgan fingerprint density at radius 3 is 2.29 bits per heavy atom. The van der Waals surface area contributed by atoms with Gasteiger partial charge in [0, 0.05) is 136 Å². The van der Waals surface area contributed by atoms with Crippen molar-refractivity contribution in [2.75, 3.05) is 67.1 Å². The quantitative estimate of drug-likeness (QED) is 0.149. The van der Waals surface area contributed by atoms with Gasteiger partial charge >= 0.3 is 0 Å². The first-order valence-electron chi connectivity index (χ1n) is 25.6. The van der Waals surface area contributed by atoms with Gasteiger partial charge in [-0.25, -0.2) is 8.78 Å². The van der Waals surface area contributed by atoms with Gasteiger partial charge in [0.1, 0.15) is 6.07 Å². The molecule has 5 aromatic rings. The highest BCUT2D eigenvalue weighted by molar-refractivity contribution is 6.32. The summed E-state index contributed by atoms with van der Waals surface area (Å²) in [5.74, 6) is 8.46. The Bertz CT molecular complexity index is 2850. The number of benzene rings is 3. The average Bonchev–Trinajstić information content (AvgIpc) is 4.12. The number of aromatic nitrogens is 4. The van der Waals surface area contributed by atoms with Gasteiger partial charge < -0.3 is 24.5 Å². The summed E-state index contributed by atoms with van der Waals surface area (Å²) in [7, 11) is 1.80. The molecule has 1 aliphatic carbocycles. The Morgan fingerprint density at radius 1 is 0.857 bits per heavy atom. The summed E-state index contributed by atoms with van der Waals surface area (Å²) in [5.41, 5.74) is 9.65. The van der Waals surface area contributed by atoms with Crippen molar-refractivity contribution in [1.29, 1.82) is 5.26 Å². The van der Waals surface area contributed by atoms with Crippen molar-refractivity contribution in [2.24, 2.45) is 18.4 Å². The van der Waals surface area contributed by atoms with Crippen LogP contribution >= 0.6 is 11.6 Å². The molecule has 0 bridgehead atoms. The summed E-state index contributed by atoms with van der Waals surface area (Å²) >= 11 is 6.37. The van der Waals surface area contributed by atoms with E-state index in [1.165, 1.54) is 30.6 Å². The molecule has 2 aromatic heterocycles. The minimum absolute atomic E-state index is 0.00478. The van der Waals surface area contributed by atoms with E-state index in [1.807, 2.05) is 29.2 Å². The first kappa shape index (κ1) is 46.5. The Hall–Kier alpha value is -5.89. The second-order valence-electron chi connectivity index (χ2n) is 20.9. The van der Waals surface area contributed by atoms with E-state index in [9.17, 15) is 18.8 Å². The van der Waals surface area contributed by atoms with Gasteiger partial charge in [0.05, 0.1) is 29.4 Å². The third kappa shape index (κ3) is 9.16. The van der Waals surface area contributed by atoms with Gasteiger partial charge in [-0.2, -0.15) is 15.5 Å². The summed E-state index contributed by atoms with van der Waals surface area (Å²) in [6.07, 6.45) is 13.3. The van der Waals surface area contributed by atoms with Crippen molar-refractivity contribution in [3.05, 3.63) is 106 Å². The molecule has 364 valence electrons. The number of aryl methyl sites for hydroxylation is 2. The van der Waals surface area contributed by atoms with E-state index in [4.69, 9.17) is 16.7 Å². The van der Waals surface area contributed by atoms with Gasteiger partial charge in [-0.1, -0.05) is 23.4 Å². The average molecular weight is 966 g/mol. The molecule has 6 aliphatic rings. The first-order valence-corrected chi connectivity index (χ1v) is 26.0. The number of amides is 1. The lowest BCUT2D eigenvalue weighted by molar-refractivity contribution is -0.129. The lowest BCUT2D eigenvalue weighted by Gasteiger charge is -2.40. The highest BCUT2D eigenvalue weighted by atomic mass is 35.5. The largest absolute Gasteiger partial charge is 0.371 e. The Morgan fingerprint density at radius 2 is 1.60 bits per heavy atom. The van der Waals surface area contributed by atoms with Gasteiger partial charge in [0.15, 0.2) is 5.82 Å². The van der Waals surface area contributed by atoms with E-state index in [2.05, 4.69) is 71.6 Å². The zero-order valence-corrected chi connectivity index (χ0v) is 41.3. The van der Waals surface area contributed by atoms with Crippen molar-refractivity contribution in [3.63, 3.8) is 0 Å². The molecular weight excluding hydrogens is 902 g/mol. The van der Waals surface area contributed by atoms with Crippen molar-refractivity contribution in [3.8, 4) is 29.0 Å². The predicted octanol–water partition coefficient (Wildman–Crippen LogP) is 10.5. The molecule has 3 saturated heterocycles. The number of hydrogen-bond acceptors (Lipinski definition) is 8. The van der Waals surface area contributed by atoms with Crippen molar-refractivity contribution < 1.29 is 13.6 Å². The standard InChI is InChI=1S/C56H63ClF2N10O/c1-38(70)66-26-19-52-50(36-66)55(68-23-3-4-41-30-48(43-34-61-63(2)35-43)49(54(58)59)32-53(41)68)62-69(52)46-17-24-64(25-18-46)44-12-7-39(8-13-44)5-6-40-9-14-45(15-10-40)65-27-20-56(21-28-65)22-29-67(37-56)47-16-11-42(33-60)51(57)31-47/h9-11,14-16,30-32,34-35,39,44,46,54H,3-4,7-8,12-13,17-29,36-37H2,1-2H3. The first-order chi connectivity index (χ1) is 34.0. The van der Waals surface area contributed by atoms with E-state index in [0.29, 0.717) is 58.7 Å². The van der Waals surface area contributed by atoms with Crippen LogP contribution < -0.4 is 14.7 Å². The number of hydrogen-bond donors (Lipinski definition) is 0. The molecule has 0 N–H and O–H groups in total. The molecule has 14 heteroatoms. The molecule has 11 rings (SSSR count). The second kappa shape index (κ2) is 19.4. The van der Waals surface area contributed by atoms with Crippen LogP contribution in [0.15, 0.2) is 67.0 Å². The maximum atomic E-state index is 14.8. The van der Waals surface area contributed by atoms with Crippen molar-refractivity contribution in [2.45, 2.75) is 109 Å². The number of carbonyl (C=O) groups is 1. The van der Waals surface area contributed by atoms with E-state index < -0.39 is 6.43 Å². The molecule has 0 radical (unpaired) electrons. The molecule has 11 nitrogen and oxygen atoms in total. The lowest BCUT2D eigenvalue weighted by Crippen LogP contribution is -2.44. The summed E-state index contributed by atoms with van der Waals surface area (Å²) in [5, 5.41) is 19.5. The lowest BCUT2D eigenvalue weighted by atomic mass is 9.77. The Balaban J connectivity index is 0.695. The number of rotatable bonds is 7.